The van der Waals surface area contributed by atoms with E-state index in [9.17, 15) is 14.4 Å². The molecule has 8 heteroatoms. The minimum absolute atomic E-state index is 0.327. The van der Waals surface area contributed by atoms with Crippen molar-refractivity contribution in [2.24, 2.45) is 5.92 Å². The lowest BCUT2D eigenvalue weighted by Gasteiger charge is -2.18. The molecule has 1 aromatic carbocycles. The van der Waals surface area contributed by atoms with E-state index in [1.165, 1.54) is 18.4 Å². The van der Waals surface area contributed by atoms with E-state index >= 15 is 0 Å². The smallest absolute Gasteiger partial charge is 0.413 e. The Morgan fingerprint density at radius 2 is 1.90 bits per heavy atom. The third-order valence-corrected chi connectivity index (χ3v) is 5.96. The average molecular weight is 416 g/mol. The lowest BCUT2D eigenvalue weighted by atomic mass is 9.88. The van der Waals surface area contributed by atoms with Crippen molar-refractivity contribution in [3.05, 3.63) is 45.8 Å². The minimum Gasteiger partial charge on any atom is -0.494 e. The molecule has 1 aromatic heterocycles. The summed E-state index contributed by atoms with van der Waals surface area (Å²) in [5.74, 6) is 0.299. The maximum Gasteiger partial charge on any atom is 0.413 e. The maximum absolute atomic E-state index is 12.7. The van der Waals surface area contributed by atoms with Crippen molar-refractivity contribution in [2.45, 2.75) is 33.1 Å². The molecular formula is C21H24N2O5S. The van der Waals surface area contributed by atoms with Crippen LogP contribution < -0.4 is 15.4 Å². The number of thiophene rings is 1. The zero-order chi connectivity index (χ0) is 21.0. The van der Waals surface area contributed by atoms with Gasteiger partial charge in [0.1, 0.15) is 10.8 Å². The third-order valence-electron chi connectivity index (χ3n) is 4.79. The van der Waals surface area contributed by atoms with Crippen molar-refractivity contribution >= 4 is 34.2 Å². The van der Waals surface area contributed by atoms with Crippen LogP contribution in [0.4, 0.5) is 9.80 Å². The first kappa shape index (κ1) is 20.9. The summed E-state index contributed by atoms with van der Waals surface area (Å²) in [4.78, 5) is 38.1. The van der Waals surface area contributed by atoms with Gasteiger partial charge in [0.05, 0.1) is 19.3 Å². The van der Waals surface area contributed by atoms with Crippen molar-refractivity contribution in [2.75, 3.05) is 19.0 Å². The SMILES string of the molecule is CCOc1ccc(C(=O)Nc2sc3c(c2C(=O)NC(=O)OC)CC[C@@H](C)C3)cc1. The van der Waals surface area contributed by atoms with Crippen LogP contribution in [0.5, 0.6) is 5.75 Å². The van der Waals surface area contributed by atoms with Gasteiger partial charge in [0, 0.05) is 10.4 Å². The monoisotopic (exact) mass is 416 g/mol. The Labute approximate surface area is 173 Å². The molecule has 1 aliphatic rings. The molecule has 0 bridgehead atoms. The molecule has 7 nitrogen and oxygen atoms in total. The van der Waals surface area contributed by atoms with E-state index in [2.05, 4.69) is 22.3 Å². The van der Waals surface area contributed by atoms with Crippen LogP contribution in [0.25, 0.3) is 0 Å². The Kier molecular flexibility index (Phi) is 6.53. The van der Waals surface area contributed by atoms with E-state index in [-0.39, 0.29) is 5.91 Å². The van der Waals surface area contributed by atoms with Gasteiger partial charge in [-0.2, -0.15) is 0 Å². The van der Waals surface area contributed by atoms with Gasteiger partial charge in [-0.05, 0) is 61.9 Å². The van der Waals surface area contributed by atoms with Crippen LogP contribution in [0, 0.1) is 5.92 Å². The van der Waals surface area contributed by atoms with Gasteiger partial charge in [0.2, 0.25) is 0 Å². The van der Waals surface area contributed by atoms with E-state index in [1.54, 1.807) is 24.3 Å². The summed E-state index contributed by atoms with van der Waals surface area (Å²) in [5, 5.41) is 5.50. The van der Waals surface area contributed by atoms with Gasteiger partial charge < -0.3 is 14.8 Å². The van der Waals surface area contributed by atoms with Gasteiger partial charge in [-0.15, -0.1) is 11.3 Å². The Morgan fingerprint density at radius 3 is 2.55 bits per heavy atom. The minimum atomic E-state index is -0.831. The number of anilines is 1. The molecule has 0 radical (unpaired) electrons. The van der Waals surface area contributed by atoms with Crippen molar-refractivity contribution in [1.82, 2.24) is 5.32 Å². The number of benzene rings is 1. The fourth-order valence-electron chi connectivity index (χ4n) is 3.33. The number of imide groups is 1. The molecule has 0 unspecified atom stereocenters. The molecule has 0 aliphatic heterocycles. The topological polar surface area (TPSA) is 93.7 Å². The number of fused-ring (bicyclic) bond motifs is 1. The molecule has 0 spiro atoms. The number of nitrogens with one attached hydrogen (secondary N) is 2. The van der Waals surface area contributed by atoms with Gasteiger partial charge in [-0.25, -0.2) is 4.79 Å². The molecule has 2 N–H and O–H groups in total. The fraction of sp³-hybridized carbons (Fsp3) is 0.381. The Balaban J connectivity index is 1.88. The van der Waals surface area contributed by atoms with Crippen LogP contribution in [-0.2, 0) is 17.6 Å². The number of alkyl carbamates (subject to hydrolysis) is 1. The van der Waals surface area contributed by atoms with E-state index < -0.39 is 12.0 Å². The van der Waals surface area contributed by atoms with Crippen molar-refractivity contribution in [3.8, 4) is 5.75 Å². The first-order valence-corrected chi connectivity index (χ1v) is 10.3. The summed E-state index contributed by atoms with van der Waals surface area (Å²) in [5.41, 5.74) is 1.70. The van der Waals surface area contributed by atoms with Gasteiger partial charge in [0.15, 0.2) is 0 Å². The summed E-state index contributed by atoms with van der Waals surface area (Å²) in [6, 6.07) is 6.79. The molecule has 1 aliphatic carbocycles. The number of amides is 3. The summed E-state index contributed by atoms with van der Waals surface area (Å²) >= 11 is 1.39. The van der Waals surface area contributed by atoms with Crippen LogP contribution in [0.1, 0.15) is 51.4 Å². The third kappa shape index (κ3) is 4.76. The highest BCUT2D eigenvalue weighted by atomic mass is 32.1. The number of hydrogen-bond donors (Lipinski definition) is 2. The second kappa shape index (κ2) is 9.09. The predicted molar refractivity (Wildman–Crippen MR) is 111 cm³/mol. The molecule has 1 heterocycles. The maximum atomic E-state index is 12.7. The molecule has 2 aromatic rings. The second-order valence-corrected chi connectivity index (χ2v) is 8.02. The quantitative estimate of drug-likeness (QED) is 0.768. The lowest BCUT2D eigenvalue weighted by Crippen LogP contribution is -2.31. The largest absolute Gasteiger partial charge is 0.494 e. The second-order valence-electron chi connectivity index (χ2n) is 6.91. The first-order chi connectivity index (χ1) is 13.9. The van der Waals surface area contributed by atoms with Crippen LogP contribution >= 0.6 is 11.3 Å². The van der Waals surface area contributed by atoms with Crippen molar-refractivity contribution in [3.63, 3.8) is 0 Å². The highest BCUT2D eigenvalue weighted by molar-refractivity contribution is 7.17. The van der Waals surface area contributed by atoms with E-state index in [0.29, 0.717) is 34.4 Å². The van der Waals surface area contributed by atoms with Crippen LogP contribution in [0.15, 0.2) is 24.3 Å². The summed E-state index contributed by atoms with van der Waals surface area (Å²) < 4.78 is 9.93. The van der Waals surface area contributed by atoms with Gasteiger partial charge >= 0.3 is 6.09 Å². The molecule has 3 amide bonds. The number of methoxy groups -OCH3 is 1. The summed E-state index contributed by atoms with van der Waals surface area (Å²) in [6.07, 6.45) is 1.70. The summed E-state index contributed by atoms with van der Waals surface area (Å²) in [7, 11) is 1.20. The Hall–Kier alpha value is -2.87. The van der Waals surface area contributed by atoms with Crippen molar-refractivity contribution in [1.29, 1.82) is 0 Å². The van der Waals surface area contributed by atoms with E-state index in [0.717, 1.165) is 29.7 Å². The molecule has 0 saturated heterocycles. The highest BCUT2D eigenvalue weighted by Crippen LogP contribution is 2.39. The first-order valence-electron chi connectivity index (χ1n) is 9.51. The van der Waals surface area contributed by atoms with E-state index in [4.69, 9.17) is 4.74 Å². The fourth-order valence-corrected chi connectivity index (χ4v) is 4.73. The highest BCUT2D eigenvalue weighted by Gasteiger charge is 2.29. The van der Waals surface area contributed by atoms with E-state index in [1.807, 2.05) is 6.92 Å². The normalized spacial score (nSPS) is 15.2. The zero-order valence-electron chi connectivity index (χ0n) is 16.7. The molecule has 154 valence electrons. The molecule has 3 rings (SSSR count). The Bertz CT molecular complexity index is 920. The zero-order valence-corrected chi connectivity index (χ0v) is 17.5. The average Bonchev–Trinajstić information content (AvgIpc) is 3.05. The predicted octanol–water partition coefficient (Wildman–Crippen LogP) is 4.02. The number of rotatable bonds is 5. The van der Waals surface area contributed by atoms with Crippen molar-refractivity contribution < 1.29 is 23.9 Å². The number of ether oxygens (including phenoxy) is 2. The molecule has 0 fully saturated rings. The lowest BCUT2D eigenvalue weighted by molar-refractivity contribution is 0.0937. The molecule has 0 saturated carbocycles. The standard InChI is InChI=1S/C21H24N2O5S/c1-4-28-14-8-6-13(7-9-14)18(24)22-20-17(19(25)23-21(26)27-3)15-10-5-12(2)11-16(15)29-20/h6-9,12H,4-5,10-11H2,1-3H3,(H,22,24)(H,23,25,26)/t12-/m1/s1. The molecular weight excluding hydrogens is 392 g/mol. The molecule has 29 heavy (non-hydrogen) atoms. The van der Waals surface area contributed by atoms with Gasteiger partial charge in [-0.3, -0.25) is 14.9 Å². The number of carbonyl (C=O) groups excluding carboxylic acids is 3. The Morgan fingerprint density at radius 1 is 1.17 bits per heavy atom. The number of carbonyl (C=O) groups is 3. The summed E-state index contributed by atoms with van der Waals surface area (Å²) in [6.45, 7) is 4.60. The number of hydrogen-bond acceptors (Lipinski definition) is 6. The van der Waals surface area contributed by atoms with Gasteiger partial charge in [-0.1, -0.05) is 6.92 Å². The molecule has 1 atom stereocenters. The van der Waals surface area contributed by atoms with Crippen LogP contribution in [0.3, 0.4) is 0 Å². The van der Waals surface area contributed by atoms with Gasteiger partial charge in [0.25, 0.3) is 11.8 Å². The van der Waals surface area contributed by atoms with Crippen LogP contribution in [0.2, 0.25) is 0 Å². The van der Waals surface area contributed by atoms with Crippen LogP contribution in [-0.4, -0.2) is 31.6 Å².